The van der Waals surface area contributed by atoms with Crippen molar-refractivity contribution in [3.8, 4) is 44.9 Å². The summed E-state index contributed by atoms with van der Waals surface area (Å²) >= 11 is 0. The van der Waals surface area contributed by atoms with Gasteiger partial charge in [0.25, 0.3) is 0 Å². The summed E-state index contributed by atoms with van der Waals surface area (Å²) in [4.78, 5) is 13.8. The molecule has 5 aromatic carbocycles. The van der Waals surface area contributed by atoms with Gasteiger partial charge in [0, 0.05) is 66.2 Å². The van der Waals surface area contributed by atoms with Gasteiger partial charge in [-0.3, -0.25) is 15.0 Å². The Labute approximate surface area is 395 Å². The van der Waals surface area contributed by atoms with Crippen molar-refractivity contribution in [1.29, 1.82) is 0 Å². The van der Waals surface area contributed by atoms with Gasteiger partial charge in [-0.1, -0.05) is 163 Å². The first-order chi connectivity index (χ1) is 30.3. The van der Waals surface area contributed by atoms with Crippen LogP contribution in [0.3, 0.4) is 0 Å². The van der Waals surface area contributed by atoms with Crippen molar-refractivity contribution >= 4 is 35.2 Å². The third-order valence-electron chi connectivity index (χ3n) is 11.7. The molecule has 0 aliphatic rings. The molecule has 1 radical (unpaired) electrons. The molecular formula is C58H61IrN3OSi. The summed E-state index contributed by atoms with van der Waals surface area (Å²) in [6, 6.07) is 50.8. The van der Waals surface area contributed by atoms with Crippen LogP contribution in [-0.2, 0) is 26.5 Å². The summed E-state index contributed by atoms with van der Waals surface area (Å²) in [5.74, 6) is 1.01. The topological polar surface area (TPSA) is 51.8 Å². The molecule has 4 aromatic heterocycles. The fourth-order valence-corrected chi connectivity index (χ4v) is 9.72. The van der Waals surface area contributed by atoms with Crippen LogP contribution >= 0.6 is 0 Å². The molecule has 327 valence electrons. The zero-order chi connectivity index (χ0) is 44.7. The molecule has 0 amide bonds. The third-order valence-corrected chi connectivity index (χ3v) is 13.7. The maximum absolute atomic E-state index is 6.41. The van der Waals surface area contributed by atoms with Crippen LogP contribution in [-0.4, -0.2) is 23.0 Å². The molecule has 0 spiro atoms. The van der Waals surface area contributed by atoms with Crippen molar-refractivity contribution in [1.82, 2.24) is 15.0 Å². The summed E-state index contributed by atoms with van der Waals surface area (Å²) in [6.45, 7) is 22.5. The second-order valence-corrected chi connectivity index (χ2v) is 23.2. The molecule has 9 aromatic rings. The molecule has 0 aliphatic heterocycles. The average molecular weight is 1040 g/mol. The van der Waals surface area contributed by atoms with Gasteiger partial charge in [0.2, 0.25) is 0 Å². The minimum atomic E-state index is -1.33. The van der Waals surface area contributed by atoms with Gasteiger partial charge in [-0.25, -0.2) is 0 Å². The van der Waals surface area contributed by atoms with Crippen LogP contribution in [0.4, 0.5) is 0 Å². The summed E-state index contributed by atoms with van der Waals surface area (Å²) in [6.07, 6.45) is 7.02. The molecule has 0 saturated heterocycles. The first kappa shape index (κ1) is 47.7. The van der Waals surface area contributed by atoms with E-state index in [2.05, 4.69) is 201 Å². The molecular weight excluding hydrogens is 975 g/mol. The summed E-state index contributed by atoms with van der Waals surface area (Å²) in [5, 5.41) is 3.76. The van der Waals surface area contributed by atoms with Crippen LogP contribution in [0.5, 0.6) is 0 Å². The Balaban J connectivity index is 0.000000172. The Hall–Kier alpha value is -5.78. The molecule has 9 rings (SSSR count). The van der Waals surface area contributed by atoms with E-state index >= 15 is 0 Å². The van der Waals surface area contributed by atoms with Gasteiger partial charge >= 0.3 is 0 Å². The Morgan fingerprint density at radius 2 is 1.12 bits per heavy atom. The van der Waals surface area contributed by atoms with Crippen molar-refractivity contribution in [2.75, 3.05) is 0 Å². The number of hydrogen-bond acceptors (Lipinski definition) is 4. The Kier molecular flexibility index (Phi) is 15.8. The molecule has 0 saturated carbocycles. The number of hydrogen-bond donors (Lipinski definition) is 0. The van der Waals surface area contributed by atoms with Gasteiger partial charge < -0.3 is 4.42 Å². The van der Waals surface area contributed by atoms with Crippen LogP contribution in [0.2, 0.25) is 19.6 Å². The summed E-state index contributed by atoms with van der Waals surface area (Å²) in [7, 11) is -1.33. The standard InChI is InChI=1S/C28H25NO.C17H23NSi.C13H13N.Ir/c1-17(2)25-15-26(29-16-19(25)4)24-7-5-6-23-22-13-12-21(14-27(22)30-28(23)24)20-10-8-18(3)9-11-20;1-13(2)15-11-16(14-9-7-6-8-10-14)18-12-17(15)19(3,4)5;1-2-11-8-9-14-13(10-11)12-6-4-3-5-7-12;/h5-17H,1-4H3;6-13H,1-5H3;3-10H,2H2,1H3;. The number of rotatable bonds is 8. The van der Waals surface area contributed by atoms with Crippen LogP contribution < -0.4 is 5.19 Å². The summed E-state index contributed by atoms with van der Waals surface area (Å²) < 4.78 is 6.41. The van der Waals surface area contributed by atoms with E-state index in [9.17, 15) is 0 Å². The van der Waals surface area contributed by atoms with E-state index in [1.807, 2.05) is 36.7 Å². The van der Waals surface area contributed by atoms with Crippen molar-refractivity contribution in [2.45, 2.75) is 86.4 Å². The van der Waals surface area contributed by atoms with Gasteiger partial charge in [-0.15, -0.1) is 0 Å². The average Bonchev–Trinajstić information content (AvgIpc) is 3.68. The van der Waals surface area contributed by atoms with Crippen LogP contribution in [0.25, 0.3) is 66.8 Å². The zero-order valence-electron chi connectivity index (χ0n) is 39.0. The normalized spacial score (nSPS) is 11.2. The number of aromatic nitrogens is 3. The summed E-state index contributed by atoms with van der Waals surface area (Å²) in [5.41, 5.74) is 17.3. The molecule has 0 unspecified atom stereocenters. The largest absolute Gasteiger partial charge is 0.455 e. The maximum atomic E-state index is 6.41. The molecule has 0 bridgehead atoms. The number of fused-ring (bicyclic) bond motifs is 3. The molecule has 0 fully saturated rings. The van der Waals surface area contributed by atoms with Gasteiger partial charge in [0.05, 0.1) is 25.2 Å². The van der Waals surface area contributed by atoms with Crippen LogP contribution in [0, 0.1) is 13.8 Å². The van der Waals surface area contributed by atoms with E-state index < -0.39 is 8.07 Å². The predicted octanol–water partition coefficient (Wildman–Crippen LogP) is 15.8. The second-order valence-electron chi connectivity index (χ2n) is 18.1. The monoisotopic (exact) mass is 1040 g/mol. The van der Waals surface area contributed by atoms with E-state index in [1.54, 1.807) is 0 Å². The molecule has 0 aliphatic carbocycles. The van der Waals surface area contributed by atoms with E-state index in [4.69, 9.17) is 14.4 Å². The van der Waals surface area contributed by atoms with Gasteiger partial charge in [0.15, 0.2) is 0 Å². The van der Waals surface area contributed by atoms with Crippen molar-refractivity contribution in [3.05, 3.63) is 192 Å². The molecule has 4 heterocycles. The van der Waals surface area contributed by atoms with Crippen LogP contribution in [0.15, 0.2) is 169 Å². The zero-order valence-corrected chi connectivity index (χ0v) is 42.4. The molecule has 0 N–H and O–H groups in total. The SMILES string of the molecule is CC(C)c1cc(-c2ccccc2)ncc1[Si](C)(C)C.CCc1ccnc(-c2ccccc2)c1.Cc1ccc(-c2ccc3c(c2)oc2c(-c4cc(C(C)C)c(C)cn4)cccc23)cc1.[Ir]. The van der Waals surface area contributed by atoms with E-state index in [-0.39, 0.29) is 20.1 Å². The van der Waals surface area contributed by atoms with Crippen molar-refractivity contribution in [2.24, 2.45) is 0 Å². The van der Waals surface area contributed by atoms with Gasteiger partial charge in [0.1, 0.15) is 11.2 Å². The number of aryl methyl sites for hydroxylation is 3. The van der Waals surface area contributed by atoms with E-state index in [0.29, 0.717) is 11.8 Å². The smallest absolute Gasteiger partial charge is 0.144 e. The van der Waals surface area contributed by atoms with E-state index in [1.165, 1.54) is 55.3 Å². The minimum absolute atomic E-state index is 0. The number of pyridine rings is 3. The fourth-order valence-electron chi connectivity index (χ4n) is 8.04. The number of nitrogens with zero attached hydrogens (tertiary/aromatic N) is 3. The molecule has 0 atom stereocenters. The number of furan rings is 1. The first-order valence-corrected chi connectivity index (χ1v) is 25.9. The fraction of sp³-hybridized carbons (Fsp3) is 0.224. The van der Waals surface area contributed by atoms with Crippen LogP contribution in [0.1, 0.15) is 74.3 Å². The van der Waals surface area contributed by atoms with E-state index in [0.717, 1.165) is 51.0 Å². The van der Waals surface area contributed by atoms with Crippen molar-refractivity contribution in [3.63, 3.8) is 0 Å². The predicted molar refractivity (Wildman–Crippen MR) is 272 cm³/mol. The van der Waals surface area contributed by atoms with Gasteiger partial charge in [-0.2, -0.15) is 0 Å². The Morgan fingerprint density at radius 3 is 1.73 bits per heavy atom. The molecule has 64 heavy (non-hydrogen) atoms. The first-order valence-electron chi connectivity index (χ1n) is 22.4. The van der Waals surface area contributed by atoms with Crippen molar-refractivity contribution < 1.29 is 24.5 Å². The second kappa shape index (κ2) is 21.3. The molecule has 4 nitrogen and oxygen atoms in total. The Morgan fingerprint density at radius 1 is 0.531 bits per heavy atom. The van der Waals surface area contributed by atoms with Gasteiger partial charge in [-0.05, 0) is 113 Å². The third kappa shape index (κ3) is 11.3. The quantitative estimate of drug-likeness (QED) is 0.142. The number of benzene rings is 5. The minimum Gasteiger partial charge on any atom is -0.455 e. The maximum Gasteiger partial charge on any atom is 0.144 e. The molecule has 6 heteroatoms. The number of para-hydroxylation sites is 1. The Bertz CT molecular complexity index is 2930.